The third-order valence-electron chi connectivity index (χ3n) is 4.10. The maximum atomic E-state index is 13.1. The number of ether oxygens (including phenoxy) is 1. The molecule has 0 unspecified atom stereocenters. The smallest absolute Gasteiger partial charge is 0.269 e. The van der Waals surface area contributed by atoms with Crippen LogP contribution in [0.15, 0.2) is 71.7 Å². The maximum Gasteiger partial charge on any atom is 0.269 e. The van der Waals surface area contributed by atoms with Gasteiger partial charge in [0.25, 0.3) is 11.5 Å². The van der Waals surface area contributed by atoms with Crippen LogP contribution in [0.25, 0.3) is 11.7 Å². The number of pyridine rings is 1. The number of nitrogens with zero attached hydrogens (tertiary/aromatic N) is 3. The van der Waals surface area contributed by atoms with Crippen LogP contribution in [0.3, 0.4) is 0 Å². The van der Waals surface area contributed by atoms with Crippen molar-refractivity contribution in [1.29, 1.82) is 5.26 Å². The Morgan fingerprint density at radius 1 is 1.31 bits per heavy atom. The van der Waals surface area contributed by atoms with Gasteiger partial charge in [-0.2, -0.15) is 10.2 Å². The summed E-state index contributed by atoms with van der Waals surface area (Å²) in [6.45, 7) is 5.58. The summed E-state index contributed by atoms with van der Waals surface area (Å²) in [6.07, 6.45) is 4.25. The zero-order valence-electron chi connectivity index (χ0n) is 15.8. The summed E-state index contributed by atoms with van der Waals surface area (Å²) in [7, 11) is 0. The fraction of sp³-hybridized carbons (Fsp3) is 0.0909. The Hall–Kier alpha value is -4.18. The molecule has 3 aromatic rings. The van der Waals surface area contributed by atoms with Crippen molar-refractivity contribution >= 4 is 17.6 Å². The summed E-state index contributed by atoms with van der Waals surface area (Å²) in [5.74, 6) is -0.0875. The highest BCUT2D eigenvalue weighted by Crippen LogP contribution is 2.26. The largest absolute Gasteiger partial charge is 0.438 e. The number of para-hydroxylation sites is 1. The molecule has 0 spiro atoms. The molecule has 0 saturated carbocycles. The highest BCUT2D eigenvalue weighted by molar-refractivity contribution is 6.02. The molecule has 29 heavy (non-hydrogen) atoms. The number of carbonyl (C=O) groups is 1. The first kappa shape index (κ1) is 19.6. The lowest BCUT2D eigenvalue weighted by atomic mass is 10.1. The Bertz CT molecular complexity index is 1220. The molecule has 0 aliphatic heterocycles. The van der Waals surface area contributed by atoms with E-state index >= 15 is 0 Å². The van der Waals surface area contributed by atoms with E-state index in [0.29, 0.717) is 11.4 Å². The van der Waals surface area contributed by atoms with Crippen LogP contribution in [0.5, 0.6) is 11.6 Å². The monoisotopic (exact) mass is 386 g/mol. The second-order valence-electron chi connectivity index (χ2n) is 6.10. The first-order valence-electron chi connectivity index (χ1n) is 8.81. The third-order valence-corrected chi connectivity index (χ3v) is 4.10. The average Bonchev–Trinajstić information content (AvgIpc) is 2.73. The lowest BCUT2D eigenvalue weighted by Crippen LogP contribution is -2.25. The van der Waals surface area contributed by atoms with Gasteiger partial charge in [-0.3, -0.25) is 14.0 Å². The predicted molar refractivity (Wildman–Crippen MR) is 110 cm³/mol. The summed E-state index contributed by atoms with van der Waals surface area (Å²) in [6, 6.07) is 14.2. The molecule has 1 aromatic carbocycles. The summed E-state index contributed by atoms with van der Waals surface area (Å²) < 4.78 is 7.24. The standard InChI is InChI=1S/C22H18N4O3/c1-3-11-24-20(27)16(14-23)13-17-21(29-18-9-5-4-8-15(18)2)25-19-10-6-7-12-26(19)22(17)28/h3-10,12-13H,1,11H2,2H3,(H,24,27)/b16-13+. The van der Waals surface area contributed by atoms with Gasteiger partial charge < -0.3 is 10.1 Å². The Labute approximate surface area is 167 Å². The number of nitriles is 1. The molecule has 7 nitrogen and oxygen atoms in total. The third kappa shape index (κ3) is 4.22. The molecule has 1 amide bonds. The molecule has 0 saturated heterocycles. The van der Waals surface area contributed by atoms with Gasteiger partial charge in [-0.15, -0.1) is 6.58 Å². The molecule has 0 aliphatic rings. The van der Waals surface area contributed by atoms with E-state index in [-0.39, 0.29) is 23.6 Å². The molecule has 0 atom stereocenters. The Morgan fingerprint density at radius 2 is 2.07 bits per heavy atom. The maximum absolute atomic E-state index is 13.1. The summed E-state index contributed by atoms with van der Waals surface area (Å²) in [4.78, 5) is 29.7. The molecular weight excluding hydrogens is 368 g/mol. The van der Waals surface area contributed by atoms with Gasteiger partial charge in [-0.1, -0.05) is 30.3 Å². The summed E-state index contributed by atoms with van der Waals surface area (Å²) in [5.41, 5.74) is 0.538. The molecule has 0 radical (unpaired) electrons. The minimum Gasteiger partial charge on any atom is -0.438 e. The SMILES string of the molecule is C=CCNC(=O)/C(C#N)=C/c1c(Oc2ccccc2C)nc2ccccn2c1=O. The van der Waals surface area contributed by atoms with E-state index < -0.39 is 11.5 Å². The molecule has 1 N–H and O–H groups in total. The summed E-state index contributed by atoms with van der Waals surface area (Å²) >= 11 is 0. The molecule has 0 fully saturated rings. The predicted octanol–water partition coefficient (Wildman–Crippen LogP) is 3.00. The molecule has 3 rings (SSSR count). The van der Waals surface area contributed by atoms with Crippen molar-refractivity contribution in [3.8, 4) is 17.7 Å². The number of aryl methyl sites for hydroxylation is 1. The van der Waals surface area contributed by atoms with Gasteiger partial charge in [0, 0.05) is 12.7 Å². The van der Waals surface area contributed by atoms with Gasteiger partial charge >= 0.3 is 0 Å². The number of hydrogen-bond donors (Lipinski definition) is 1. The molecular formula is C22H18N4O3. The number of nitrogens with one attached hydrogen (secondary N) is 1. The minimum absolute atomic E-state index is 0.00209. The fourth-order valence-corrected chi connectivity index (χ4v) is 2.61. The van der Waals surface area contributed by atoms with Crippen molar-refractivity contribution in [2.24, 2.45) is 0 Å². The lowest BCUT2D eigenvalue weighted by Gasteiger charge is -2.11. The number of amides is 1. The van der Waals surface area contributed by atoms with Crippen molar-refractivity contribution in [2.45, 2.75) is 6.92 Å². The lowest BCUT2D eigenvalue weighted by molar-refractivity contribution is -0.116. The normalized spacial score (nSPS) is 11.0. The van der Waals surface area contributed by atoms with E-state index in [1.54, 1.807) is 36.5 Å². The van der Waals surface area contributed by atoms with Crippen molar-refractivity contribution < 1.29 is 9.53 Å². The van der Waals surface area contributed by atoms with Gasteiger partial charge in [0.05, 0.1) is 0 Å². The highest BCUT2D eigenvalue weighted by Gasteiger charge is 2.17. The number of carbonyl (C=O) groups excluding carboxylic acids is 1. The zero-order chi connectivity index (χ0) is 20.8. The van der Waals surface area contributed by atoms with Crippen molar-refractivity contribution in [1.82, 2.24) is 14.7 Å². The second kappa shape index (κ2) is 8.67. The van der Waals surface area contributed by atoms with E-state index in [1.165, 1.54) is 16.6 Å². The quantitative estimate of drug-likeness (QED) is 0.399. The van der Waals surface area contributed by atoms with Crippen LogP contribution in [0.1, 0.15) is 11.1 Å². The molecule has 144 valence electrons. The van der Waals surface area contributed by atoms with Crippen LogP contribution in [-0.2, 0) is 4.79 Å². The van der Waals surface area contributed by atoms with Crippen molar-refractivity contribution in [2.75, 3.05) is 6.54 Å². The van der Waals surface area contributed by atoms with Gasteiger partial charge in [0.15, 0.2) is 0 Å². The number of rotatable bonds is 6. The highest BCUT2D eigenvalue weighted by atomic mass is 16.5. The average molecular weight is 386 g/mol. The van der Waals surface area contributed by atoms with E-state index in [9.17, 15) is 14.9 Å². The second-order valence-corrected chi connectivity index (χ2v) is 6.10. The van der Waals surface area contributed by atoms with Gasteiger partial charge in [0.1, 0.15) is 28.6 Å². The molecule has 2 heterocycles. The van der Waals surface area contributed by atoms with Gasteiger partial charge in [0.2, 0.25) is 5.88 Å². The van der Waals surface area contributed by atoms with Crippen LogP contribution in [-0.4, -0.2) is 21.8 Å². The van der Waals surface area contributed by atoms with Gasteiger partial charge in [-0.05, 0) is 36.8 Å². The van der Waals surface area contributed by atoms with Gasteiger partial charge in [-0.25, -0.2) is 0 Å². The van der Waals surface area contributed by atoms with Crippen molar-refractivity contribution in [3.63, 3.8) is 0 Å². The van der Waals surface area contributed by atoms with Crippen LogP contribution < -0.4 is 15.6 Å². The van der Waals surface area contributed by atoms with Crippen LogP contribution >= 0.6 is 0 Å². The number of fused-ring (bicyclic) bond motifs is 1. The van der Waals surface area contributed by atoms with E-state index in [1.807, 2.05) is 25.1 Å². The topological polar surface area (TPSA) is 96.5 Å². The number of aromatic nitrogens is 2. The molecule has 0 aliphatic carbocycles. The number of hydrogen-bond acceptors (Lipinski definition) is 5. The minimum atomic E-state index is -0.619. The fourth-order valence-electron chi connectivity index (χ4n) is 2.61. The Balaban J connectivity index is 2.19. The van der Waals surface area contributed by atoms with E-state index in [2.05, 4.69) is 16.9 Å². The number of benzene rings is 1. The first-order valence-corrected chi connectivity index (χ1v) is 8.81. The van der Waals surface area contributed by atoms with Crippen LogP contribution in [0, 0.1) is 18.3 Å². The Kier molecular flexibility index (Phi) is 5.85. The molecule has 7 heteroatoms. The van der Waals surface area contributed by atoms with Crippen LogP contribution in [0.4, 0.5) is 0 Å². The van der Waals surface area contributed by atoms with Crippen LogP contribution in [0.2, 0.25) is 0 Å². The van der Waals surface area contributed by atoms with E-state index in [4.69, 9.17) is 4.74 Å². The zero-order valence-corrected chi connectivity index (χ0v) is 15.8. The van der Waals surface area contributed by atoms with Crippen molar-refractivity contribution in [3.05, 3.63) is 88.4 Å². The Morgan fingerprint density at radius 3 is 2.79 bits per heavy atom. The molecule has 0 bridgehead atoms. The van der Waals surface area contributed by atoms with E-state index in [0.717, 1.165) is 5.56 Å². The first-order chi connectivity index (χ1) is 14.0. The summed E-state index contributed by atoms with van der Waals surface area (Å²) in [5, 5.41) is 11.9. The molecule has 2 aromatic heterocycles.